The van der Waals surface area contributed by atoms with Crippen LogP contribution >= 0.6 is 0 Å². The van der Waals surface area contributed by atoms with Gasteiger partial charge in [-0.1, -0.05) is 26.0 Å². The van der Waals surface area contributed by atoms with E-state index in [1.165, 1.54) is 12.1 Å². The number of aliphatic carboxylic acids is 1. The van der Waals surface area contributed by atoms with Crippen LogP contribution in [0.1, 0.15) is 32.3 Å². The average Bonchev–Trinajstić information content (AvgIpc) is 2.48. The molecule has 0 atom stereocenters. The second kappa shape index (κ2) is 7.61. The minimum absolute atomic E-state index is 0.0740. The standard InChI is InChI=1S/C15H21FN2O3/c1-3-15(4-2,13(19)20)10-18-14(21)17-9-11-5-7-12(16)8-6-11/h5-8H,3-4,9-10H2,1-2H3,(H,19,20)(H2,17,18,21). The Hall–Kier alpha value is -2.11. The van der Waals surface area contributed by atoms with Crippen molar-refractivity contribution in [3.05, 3.63) is 35.6 Å². The van der Waals surface area contributed by atoms with Gasteiger partial charge < -0.3 is 15.7 Å². The Kier molecular flexibility index (Phi) is 6.14. The summed E-state index contributed by atoms with van der Waals surface area (Å²) in [4.78, 5) is 23.0. The molecule has 2 amide bonds. The number of carbonyl (C=O) groups is 2. The van der Waals surface area contributed by atoms with E-state index in [9.17, 15) is 19.1 Å². The normalized spacial score (nSPS) is 11.0. The maximum Gasteiger partial charge on any atom is 0.315 e. The van der Waals surface area contributed by atoms with Crippen molar-refractivity contribution >= 4 is 12.0 Å². The molecule has 0 aliphatic carbocycles. The van der Waals surface area contributed by atoms with Crippen LogP contribution in [-0.2, 0) is 11.3 Å². The quantitative estimate of drug-likeness (QED) is 0.723. The molecule has 21 heavy (non-hydrogen) atoms. The van der Waals surface area contributed by atoms with E-state index in [2.05, 4.69) is 10.6 Å². The number of amides is 2. The molecule has 5 nitrogen and oxygen atoms in total. The Morgan fingerprint density at radius 3 is 2.19 bits per heavy atom. The lowest BCUT2D eigenvalue weighted by molar-refractivity contribution is -0.149. The Labute approximate surface area is 123 Å². The lowest BCUT2D eigenvalue weighted by atomic mass is 9.82. The highest BCUT2D eigenvalue weighted by molar-refractivity contribution is 5.78. The minimum atomic E-state index is -0.937. The molecule has 6 heteroatoms. The predicted molar refractivity (Wildman–Crippen MR) is 77.3 cm³/mol. The van der Waals surface area contributed by atoms with Gasteiger partial charge in [0.25, 0.3) is 0 Å². The Bertz CT molecular complexity index is 484. The van der Waals surface area contributed by atoms with Crippen molar-refractivity contribution in [2.75, 3.05) is 6.54 Å². The molecule has 116 valence electrons. The highest BCUT2D eigenvalue weighted by atomic mass is 19.1. The summed E-state index contributed by atoms with van der Waals surface area (Å²) in [5.74, 6) is -1.24. The molecule has 0 saturated heterocycles. The molecular formula is C15H21FN2O3. The molecule has 1 rings (SSSR count). The first-order valence-corrected chi connectivity index (χ1v) is 6.93. The zero-order chi connectivity index (χ0) is 15.9. The second-order valence-corrected chi connectivity index (χ2v) is 4.96. The zero-order valence-electron chi connectivity index (χ0n) is 12.3. The monoisotopic (exact) mass is 296 g/mol. The molecule has 1 aromatic carbocycles. The molecule has 0 aliphatic rings. The number of carboxylic acid groups (broad SMARTS) is 1. The summed E-state index contributed by atoms with van der Waals surface area (Å²) in [6.45, 7) is 3.90. The smallest absolute Gasteiger partial charge is 0.315 e. The fourth-order valence-electron chi connectivity index (χ4n) is 1.97. The first kappa shape index (κ1) is 16.9. The lowest BCUT2D eigenvalue weighted by Crippen LogP contribution is -2.45. The van der Waals surface area contributed by atoms with Gasteiger partial charge >= 0.3 is 12.0 Å². The summed E-state index contributed by atoms with van der Waals surface area (Å²) >= 11 is 0. The fraction of sp³-hybridized carbons (Fsp3) is 0.467. The van der Waals surface area contributed by atoms with Crippen LogP contribution < -0.4 is 10.6 Å². The van der Waals surface area contributed by atoms with Crippen molar-refractivity contribution < 1.29 is 19.1 Å². The van der Waals surface area contributed by atoms with Gasteiger partial charge in [0.15, 0.2) is 0 Å². The highest BCUT2D eigenvalue weighted by Crippen LogP contribution is 2.25. The second-order valence-electron chi connectivity index (χ2n) is 4.96. The van der Waals surface area contributed by atoms with E-state index in [4.69, 9.17) is 0 Å². The number of hydrogen-bond donors (Lipinski definition) is 3. The summed E-state index contributed by atoms with van der Waals surface area (Å²) < 4.78 is 12.7. The van der Waals surface area contributed by atoms with Gasteiger partial charge in [-0.05, 0) is 30.5 Å². The number of hydrogen-bond acceptors (Lipinski definition) is 2. The van der Waals surface area contributed by atoms with E-state index >= 15 is 0 Å². The summed E-state index contributed by atoms with van der Waals surface area (Å²) in [6.07, 6.45) is 0.883. The third-order valence-corrected chi connectivity index (χ3v) is 3.76. The summed E-state index contributed by atoms with van der Waals surface area (Å²) in [7, 11) is 0. The van der Waals surface area contributed by atoms with Crippen LogP contribution in [0.2, 0.25) is 0 Å². The highest BCUT2D eigenvalue weighted by Gasteiger charge is 2.35. The average molecular weight is 296 g/mol. The van der Waals surface area contributed by atoms with Crippen LogP contribution in [0.5, 0.6) is 0 Å². The third kappa shape index (κ3) is 4.73. The largest absolute Gasteiger partial charge is 0.481 e. The fourth-order valence-corrected chi connectivity index (χ4v) is 1.97. The lowest BCUT2D eigenvalue weighted by Gasteiger charge is -2.26. The third-order valence-electron chi connectivity index (χ3n) is 3.76. The summed E-state index contributed by atoms with van der Waals surface area (Å²) in [6, 6.07) is 5.36. The zero-order valence-corrected chi connectivity index (χ0v) is 12.3. The van der Waals surface area contributed by atoms with Gasteiger partial charge in [0.2, 0.25) is 0 Å². The number of carboxylic acids is 1. The number of benzene rings is 1. The number of carbonyl (C=O) groups excluding carboxylic acids is 1. The molecule has 0 saturated carbocycles. The molecular weight excluding hydrogens is 275 g/mol. The van der Waals surface area contributed by atoms with Gasteiger partial charge in [-0.3, -0.25) is 4.79 Å². The van der Waals surface area contributed by atoms with E-state index < -0.39 is 17.4 Å². The van der Waals surface area contributed by atoms with Crippen molar-refractivity contribution in [1.82, 2.24) is 10.6 Å². The topological polar surface area (TPSA) is 78.4 Å². The van der Waals surface area contributed by atoms with Gasteiger partial charge in [-0.2, -0.15) is 0 Å². The molecule has 0 aromatic heterocycles. The molecule has 0 heterocycles. The molecule has 0 radical (unpaired) electrons. The van der Waals surface area contributed by atoms with Crippen molar-refractivity contribution in [3.8, 4) is 0 Å². The molecule has 3 N–H and O–H groups in total. The van der Waals surface area contributed by atoms with E-state index in [1.54, 1.807) is 26.0 Å². The molecule has 0 fully saturated rings. The Morgan fingerprint density at radius 1 is 1.14 bits per heavy atom. The van der Waals surface area contributed by atoms with Crippen LogP contribution in [0.3, 0.4) is 0 Å². The van der Waals surface area contributed by atoms with Crippen molar-refractivity contribution in [2.45, 2.75) is 33.2 Å². The summed E-state index contributed by atoms with van der Waals surface area (Å²) in [5, 5.41) is 14.5. The molecule has 1 aromatic rings. The van der Waals surface area contributed by atoms with Gasteiger partial charge in [-0.25, -0.2) is 9.18 Å². The van der Waals surface area contributed by atoms with Gasteiger partial charge in [0, 0.05) is 13.1 Å². The predicted octanol–water partition coefficient (Wildman–Crippen LogP) is 2.52. The number of urea groups is 1. The van der Waals surface area contributed by atoms with E-state index in [0.717, 1.165) is 5.56 Å². The van der Waals surface area contributed by atoms with Crippen molar-refractivity contribution in [2.24, 2.45) is 5.41 Å². The first-order chi connectivity index (χ1) is 9.93. The van der Waals surface area contributed by atoms with Crippen molar-refractivity contribution in [3.63, 3.8) is 0 Å². The SMILES string of the molecule is CCC(CC)(CNC(=O)NCc1ccc(F)cc1)C(=O)O. The molecule has 0 unspecified atom stereocenters. The maximum atomic E-state index is 12.7. The molecule has 0 bridgehead atoms. The van der Waals surface area contributed by atoms with E-state index in [1.807, 2.05) is 0 Å². The van der Waals surface area contributed by atoms with Gasteiger partial charge in [0.05, 0.1) is 5.41 Å². The Morgan fingerprint density at radius 2 is 1.71 bits per heavy atom. The first-order valence-electron chi connectivity index (χ1n) is 6.93. The van der Waals surface area contributed by atoms with Crippen LogP contribution in [0, 0.1) is 11.2 Å². The molecule has 0 spiro atoms. The minimum Gasteiger partial charge on any atom is -0.481 e. The van der Waals surface area contributed by atoms with Crippen LogP contribution in [0.15, 0.2) is 24.3 Å². The van der Waals surface area contributed by atoms with Gasteiger partial charge in [0.1, 0.15) is 5.82 Å². The number of nitrogens with one attached hydrogen (secondary N) is 2. The summed E-state index contributed by atoms with van der Waals surface area (Å²) in [5.41, 5.74) is -0.172. The number of rotatable bonds is 7. The van der Waals surface area contributed by atoms with Crippen LogP contribution in [0.25, 0.3) is 0 Å². The van der Waals surface area contributed by atoms with Gasteiger partial charge in [-0.15, -0.1) is 0 Å². The van der Waals surface area contributed by atoms with Crippen LogP contribution in [-0.4, -0.2) is 23.7 Å². The van der Waals surface area contributed by atoms with E-state index in [0.29, 0.717) is 12.8 Å². The van der Waals surface area contributed by atoms with Crippen molar-refractivity contribution in [1.29, 1.82) is 0 Å². The maximum absolute atomic E-state index is 12.7. The number of halogens is 1. The Balaban J connectivity index is 2.46. The van der Waals surface area contributed by atoms with E-state index in [-0.39, 0.29) is 18.9 Å². The van der Waals surface area contributed by atoms with Crippen LogP contribution in [0.4, 0.5) is 9.18 Å². The molecule has 0 aliphatic heterocycles.